The molecule has 1 aromatic rings. The second kappa shape index (κ2) is 6.19. The zero-order valence-corrected chi connectivity index (χ0v) is 12.0. The van der Waals surface area contributed by atoms with Crippen LogP contribution >= 0.6 is 0 Å². The summed E-state index contributed by atoms with van der Waals surface area (Å²) in [4.78, 5) is 19.7. The fourth-order valence-electron chi connectivity index (χ4n) is 2.87. The van der Waals surface area contributed by atoms with Crippen LogP contribution in [0.5, 0.6) is 0 Å². The predicted octanol–water partition coefficient (Wildman–Crippen LogP) is 0.0718. The SMILES string of the molecule is C[C@@H]1CN(c2ccnc(C(N)=O)c2)C[C@H](C)N1CCO. The Labute approximate surface area is 119 Å². The first-order valence-corrected chi connectivity index (χ1v) is 6.90. The number of β-amino-alcohol motifs (C(OH)–C–C–N with tert-alkyl or cyclic N) is 1. The number of carbonyl (C=O) groups is 1. The number of piperazine rings is 1. The summed E-state index contributed by atoms with van der Waals surface area (Å²) >= 11 is 0. The van der Waals surface area contributed by atoms with Crippen molar-refractivity contribution in [2.75, 3.05) is 31.1 Å². The second-order valence-electron chi connectivity index (χ2n) is 5.33. The molecule has 0 spiro atoms. The molecule has 2 heterocycles. The molecule has 6 nitrogen and oxygen atoms in total. The summed E-state index contributed by atoms with van der Waals surface area (Å²) in [5.74, 6) is -0.508. The lowest BCUT2D eigenvalue weighted by Crippen LogP contribution is -2.57. The molecule has 2 rings (SSSR count). The number of hydrogen-bond acceptors (Lipinski definition) is 5. The first-order chi connectivity index (χ1) is 9.52. The lowest BCUT2D eigenvalue weighted by Gasteiger charge is -2.45. The molecule has 1 aromatic heterocycles. The van der Waals surface area contributed by atoms with Crippen molar-refractivity contribution in [1.82, 2.24) is 9.88 Å². The molecule has 2 atom stereocenters. The molecule has 1 aliphatic heterocycles. The van der Waals surface area contributed by atoms with Crippen molar-refractivity contribution in [1.29, 1.82) is 0 Å². The van der Waals surface area contributed by atoms with E-state index in [4.69, 9.17) is 10.8 Å². The number of aliphatic hydroxyl groups is 1. The Morgan fingerprint density at radius 1 is 1.45 bits per heavy atom. The third-order valence-electron chi connectivity index (χ3n) is 3.82. The Morgan fingerprint density at radius 3 is 2.65 bits per heavy atom. The van der Waals surface area contributed by atoms with Crippen LogP contribution < -0.4 is 10.6 Å². The summed E-state index contributed by atoms with van der Waals surface area (Å²) in [5, 5.41) is 9.12. The number of hydrogen-bond donors (Lipinski definition) is 2. The van der Waals surface area contributed by atoms with Crippen LogP contribution in [0, 0.1) is 0 Å². The minimum atomic E-state index is -0.508. The zero-order chi connectivity index (χ0) is 14.7. The van der Waals surface area contributed by atoms with E-state index >= 15 is 0 Å². The Bertz CT molecular complexity index is 468. The van der Waals surface area contributed by atoms with E-state index in [1.54, 1.807) is 12.3 Å². The lowest BCUT2D eigenvalue weighted by molar-refractivity contribution is 0.0994. The van der Waals surface area contributed by atoms with Gasteiger partial charge in [0.1, 0.15) is 5.69 Å². The molecule has 1 fully saturated rings. The van der Waals surface area contributed by atoms with Gasteiger partial charge in [-0.05, 0) is 26.0 Å². The maximum atomic E-state index is 11.2. The summed E-state index contributed by atoms with van der Waals surface area (Å²) in [6.07, 6.45) is 1.62. The van der Waals surface area contributed by atoms with E-state index < -0.39 is 5.91 Å². The van der Waals surface area contributed by atoms with Crippen molar-refractivity contribution in [3.63, 3.8) is 0 Å². The summed E-state index contributed by atoms with van der Waals surface area (Å²) in [6, 6.07) is 4.32. The average molecular weight is 278 g/mol. The van der Waals surface area contributed by atoms with E-state index in [-0.39, 0.29) is 6.61 Å². The predicted molar refractivity (Wildman–Crippen MR) is 77.7 cm³/mol. The van der Waals surface area contributed by atoms with Crippen molar-refractivity contribution in [3.05, 3.63) is 24.0 Å². The number of primary amides is 1. The highest BCUT2D eigenvalue weighted by atomic mass is 16.3. The number of carbonyl (C=O) groups excluding carboxylic acids is 1. The topological polar surface area (TPSA) is 82.7 Å². The van der Waals surface area contributed by atoms with Crippen LogP contribution in [0.25, 0.3) is 0 Å². The van der Waals surface area contributed by atoms with Crippen LogP contribution in [0.15, 0.2) is 18.3 Å². The molecule has 1 amide bonds. The van der Waals surface area contributed by atoms with E-state index in [2.05, 4.69) is 28.6 Å². The Morgan fingerprint density at radius 2 is 2.10 bits per heavy atom. The van der Waals surface area contributed by atoms with E-state index in [1.165, 1.54) is 0 Å². The van der Waals surface area contributed by atoms with Gasteiger partial charge in [0.25, 0.3) is 5.91 Å². The van der Waals surface area contributed by atoms with Gasteiger partial charge < -0.3 is 15.7 Å². The third-order valence-corrected chi connectivity index (χ3v) is 3.82. The molecule has 20 heavy (non-hydrogen) atoms. The normalized spacial score (nSPS) is 23.9. The van der Waals surface area contributed by atoms with Gasteiger partial charge in [-0.25, -0.2) is 0 Å². The van der Waals surface area contributed by atoms with Crippen LogP contribution in [-0.2, 0) is 0 Å². The first kappa shape index (κ1) is 14.7. The molecule has 1 aliphatic rings. The van der Waals surface area contributed by atoms with Gasteiger partial charge in [0, 0.05) is 43.6 Å². The van der Waals surface area contributed by atoms with Crippen LogP contribution in [-0.4, -0.2) is 59.2 Å². The fraction of sp³-hybridized carbons (Fsp3) is 0.571. The maximum absolute atomic E-state index is 11.2. The maximum Gasteiger partial charge on any atom is 0.267 e. The minimum absolute atomic E-state index is 0.176. The van der Waals surface area contributed by atoms with Crippen LogP contribution in [0.1, 0.15) is 24.3 Å². The number of aliphatic hydroxyl groups excluding tert-OH is 1. The van der Waals surface area contributed by atoms with Gasteiger partial charge in [0.2, 0.25) is 0 Å². The number of rotatable bonds is 4. The van der Waals surface area contributed by atoms with Gasteiger partial charge in [-0.3, -0.25) is 14.7 Å². The average Bonchev–Trinajstić information content (AvgIpc) is 2.42. The molecule has 0 radical (unpaired) electrons. The minimum Gasteiger partial charge on any atom is -0.395 e. The highest BCUT2D eigenvalue weighted by Crippen LogP contribution is 2.22. The van der Waals surface area contributed by atoms with Gasteiger partial charge in [-0.2, -0.15) is 0 Å². The third kappa shape index (κ3) is 3.08. The molecule has 110 valence electrons. The summed E-state index contributed by atoms with van der Waals surface area (Å²) in [5.41, 5.74) is 6.53. The van der Waals surface area contributed by atoms with Crippen molar-refractivity contribution in [2.45, 2.75) is 25.9 Å². The van der Waals surface area contributed by atoms with Crippen molar-refractivity contribution in [3.8, 4) is 0 Å². The van der Waals surface area contributed by atoms with E-state index in [1.807, 2.05) is 6.07 Å². The van der Waals surface area contributed by atoms with Gasteiger partial charge in [-0.1, -0.05) is 0 Å². The molecule has 3 N–H and O–H groups in total. The first-order valence-electron chi connectivity index (χ1n) is 6.90. The highest BCUT2D eigenvalue weighted by molar-refractivity contribution is 5.91. The Hall–Kier alpha value is -1.66. The molecule has 0 unspecified atom stereocenters. The van der Waals surface area contributed by atoms with Crippen molar-refractivity contribution < 1.29 is 9.90 Å². The molecular weight excluding hydrogens is 256 g/mol. The smallest absolute Gasteiger partial charge is 0.267 e. The van der Waals surface area contributed by atoms with Gasteiger partial charge in [-0.15, -0.1) is 0 Å². The van der Waals surface area contributed by atoms with Crippen LogP contribution in [0.3, 0.4) is 0 Å². The van der Waals surface area contributed by atoms with E-state index in [0.717, 1.165) is 18.8 Å². The molecule has 1 saturated heterocycles. The standard InChI is InChI=1S/C14H22N4O2/c1-10-8-17(9-11(2)18(10)5-6-19)12-3-4-16-13(7-12)14(15)20/h3-4,7,10-11,19H,5-6,8-9H2,1-2H3,(H2,15,20)/t10-,11+. The van der Waals surface area contributed by atoms with Gasteiger partial charge in [0.15, 0.2) is 0 Å². The number of nitrogens with two attached hydrogens (primary N) is 1. The number of aromatic nitrogens is 1. The van der Waals surface area contributed by atoms with Crippen LogP contribution in [0.4, 0.5) is 5.69 Å². The second-order valence-corrected chi connectivity index (χ2v) is 5.33. The zero-order valence-electron chi connectivity index (χ0n) is 12.0. The number of nitrogens with zero attached hydrogens (tertiary/aromatic N) is 3. The van der Waals surface area contributed by atoms with Gasteiger partial charge in [0.05, 0.1) is 6.61 Å². The largest absolute Gasteiger partial charge is 0.395 e. The molecule has 0 saturated carbocycles. The van der Waals surface area contributed by atoms with Crippen molar-refractivity contribution >= 4 is 11.6 Å². The fourth-order valence-corrected chi connectivity index (χ4v) is 2.87. The molecule has 0 aliphatic carbocycles. The number of anilines is 1. The number of amides is 1. The van der Waals surface area contributed by atoms with Crippen LogP contribution in [0.2, 0.25) is 0 Å². The van der Waals surface area contributed by atoms with Crippen molar-refractivity contribution in [2.24, 2.45) is 5.73 Å². The quantitative estimate of drug-likeness (QED) is 0.814. The Kier molecular flexibility index (Phi) is 4.57. The molecular formula is C14H22N4O2. The Balaban J connectivity index is 2.15. The van der Waals surface area contributed by atoms with Gasteiger partial charge >= 0.3 is 0 Å². The summed E-state index contributed by atoms with van der Waals surface area (Å²) in [7, 11) is 0. The summed E-state index contributed by atoms with van der Waals surface area (Å²) < 4.78 is 0. The lowest BCUT2D eigenvalue weighted by atomic mass is 10.1. The van der Waals surface area contributed by atoms with E-state index in [0.29, 0.717) is 24.3 Å². The molecule has 0 bridgehead atoms. The molecule has 0 aromatic carbocycles. The summed E-state index contributed by atoms with van der Waals surface area (Å²) in [6.45, 7) is 6.87. The highest BCUT2D eigenvalue weighted by Gasteiger charge is 2.29. The molecule has 6 heteroatoms. The van der Waals surface area contributed by atoms with E-state index in [9.17, 15) is 4.79 Å². The monoisotopic (exact) mass is 278 g/mol. The number of pyridine rings is 1.